The van der Waals surface area contributed by atoms with Crippen molar-refractivity contribution in [2.45, 2.75) is 76.8 Å². The molecule has 0 saturated heterocycles. The van der Waals surface area contributed by atoms with Gasteiger partial charge in [0.05, 0.1) is 17.0 Å². The van der Waals surface area contributed by atoms with E-state index in [1.54, 1.807) is 7.11 Å². The molecule has 0 N–H and O–H groups in total. The quantitative estimate of drug-likeness (QED) is 0.474. The molecule has 0 heterocycles. The predicted octanol–water partition coefficient (Wildman–Crippen LogP) is 5.76. The Kier molecular flexibility index (Phi) is 7.37. The Bertz CT molecular complexity index is 905. The second kappa shape index (κ2) is 9.68. The molecule has 8 atom stereocenters. The van der Waals surface area contributed by atoms with Gasteiger partial charge in [0.25, 0.3) is 0 Å². The van der Waals surface area contributed by atoms with Crippen LogP contribution >= 0.6 is 11.8 Å². The normalized spacial score (nSPS) is 42.1. The zero-order chi connectivity index (χ0) is 24.7. The van der Waals surface area contributed by atoms with Gasteiger partial charge >= 0.3 is 0 Å². The van der Waals surface area contributed by atoms with Gasteiger partial charge in [0, 0.05) is 31.1 Å². The number of benzene rings is 1. The highest BCUT2D eigenvalue weighted by Crippen LogP contribution is 2.68. The van der Waals surface area contributed by atoms with Crippen LogP contribution in [0.15, 0.2) is 30.3 Å². The van der Waals surface area contributed by atoms with E-state index in [2.05, 4.69) is 20.8 Å². The number of carbonyl (C=O) groups is 2. The molecule has 2 bridgehead atoms. The molecule has 3 aliphatic rings. The van der Waals surface area contributed by atoms with Gasteiger partial charge in [0.2, 0.25) is 5.12 Å². The minimum Gasteiger partial charge on any atom is -0.381 e. The van der Waals surface area contributed by atoms with Crippen molar-refractivity contribution in [1.29, 1.82) is 0 Å². The molecule has 0 radical (unpaired) electrons. The SMILES string of the molecule is COCO[C@@H]1C[C@@](C)(SC(=O)c2ccccc2)C(=O)[C@H](C)C23CC[C@@H](C)[C@]1(C)C2[C@H](OC)CC3. The topological polar surface area (TPSA) is 61.8 Å². The summed E-state index contributed by atoms with van der Waals surface area (Å²) in [6, 6.07) is 9.27. The molecule has 0 aliphatic heterocycles. The molecular weight excluding hydrogens is 448 g/mol. The molecule has 6 heteroatoms. The van der Waals surface area contributed by atoms with Crippen LogP contribution in [0.1, 0.15) is 70.2 Å². The van der Waals surface area contributed by atoms with Crippen LogP contribution in [-0.2, 0) is 19.0 Å². The number of thioether (sulfide) groups is 1. The van der Waals surface area contributed by atoms with Gasteiger partial charge in [-0.25, -0.2) is 0 Å². The largest absolute Gasteiger partial charge is 0.381 e. The first kappa shape index (κ1) is 25.9. The minimum absolute atomic E-state index is 0.0617. The fourth-order valence-electron chi connectivity index (χ4n) is 7.69. The third-order valence-corrected chi connectivity index (χ3v) is 11.0. The molecule has 0 spiro atoms. The molecule has 3 fully saturated rings. The van der Waals surface area contributed by atoms with E-state index in [-0.39, 0.29) is 52.6 Å². The summed E-state index contributed by atoms with van der Waals surface area (Å²) in [4.78, 5) is 27.7. The van der Waals surface area contributed by atoms with E-state index in [0.717, 1.165) is 25.7 Å². The molecule has 188 valence electrons. The van der Waals surface area contributed by atoms with Gasteiger partial charge in [-0.2, -0.15) is 0 Å². The van der Waals surface area contributed by atoms with Crippen molar-refractivity contribution in [3.63, 3.8) is 0 Å². The number of ketones is 1. The monoisotopic (exact) mass is 488 g/mol. The fraction of sp³-hybridized carbons (Fsp3) is 0.714. The van der Waals surface area contributed by atoms with Crippen LogP contribution in [-0.4, -0.2) is 48.9 Å². The van der Waals surface area contributed by atoms with Crippen molar-refractivity contribution in [2.24, 2.45) is 28.6 Å². The van der Waals surface area contributed by atoms with E-state index in [1.807, 2.05) is 44.4 Å². The molecule has 1 aromatic rings. The van der Waals surface area contributed by atoms with Crippen molar-refractivity contribution in [1.82, 2.24) is 0 Å². The maximum Gasteiger partial charge on any atom is 0.220 e. The van der Waals surface area contributed by atoms with E-state index in [4.69, 9.17) is 14.2 Å². The highest BCUT2D eigenvalue weighted by molar-refractivity contribution is 8.15. The van der Waals surface area contributed by atoms with Gasteiger partial charge in [-0.3, -0.25) is 9.59 Å². The fourth-order valence-corrected chi connectivity index (χ4v) is 8.87. The number of methoxy groups -OCH3 is 2. The maximum atomic E-state index is 14.3. The lowest BCUT2D eigenvalue weighted by molar-refractivity contribution is -0.211. The number of Topliss-reactive ketones (excluding diaryl/α,β-unsaturated/α-hetero) is 1. The smallest absolute Gasteiger partial charge is 0.220 e. The van der Waals surface area contributed by atoms with Gasteiger partial charge < -0.3 is 14.2 Å². The summed E-state index contributed by atoms with van der Waals surface area (Å²) in [5.41, 5.74) is 0.299. The Morgan fingerprint density at radius 2 is 1.76 bits per heavy atom. The first-order valence-electron chi connectivity index (χ1n) is 12.6. The van der Waals surface area contributed by atoms with E-state index < -0.39 is 4.75 Å². The molecule has 4 rings (SSSR count). The number of hydrogen-bond acceptors (Lipinski definition) is 6. The lowest BCUT2D eigenvalue weighted by Crippen LogP contribution is -2.63. The van der Waals surface area contributed by atoms with Crippen molar-refractivity contribution in [2.75, 3.05) is 21.0 Å². The van der Waals surface area contributed by atoms with Gasteiger partial charge in [-0.1, -0.05) is 62.9 Å². The highest BCUT2D eigenvalue weighted by Gasteiger charge is 2.68. The van der Waals surface area contributed by atoms with Gasteiger partial charge in [0.15, 0.2) is 5.78 Å². The van der Waals surface area contributed by atoms with Gasteiger partial charge in [0.1, 0.15) is 6.79 Å². The van der Waals surface area contributed by atoms with Gasteiger partial charge in [-0.05, 0) is 56.3 Å². The molecular formula is C28H40O5S. The molecule has 34 heavy (non-hydrogen) atoms. The number of carbonyl (C=O) groups excluding carboxylic acids is 2. The average molecular weight is 489 g/mol. The summed E-state index contributed by atoms with van der Waals surface area (Å²) in [5.74, 6) is 0.664. The molecule has 3 saturated carbocycles. The molecule has 3 aliphatic carbocycles. The van der Waals surface area contributed by atoms with Crippen LogP contribution in [0.3, 0.4) is 0 Å². The van der Waals surface area contributed by atoms with E-state index in [1.165, 1.54) is 11.8 Å². The van der Waals surface area contributed by atoms with Crippen molar-refractivity contribution >= 4 is 22.7 Å². The molecule has 5 nitrogen and oxygen atoms in total. The van der Waals surface area contributed by atoms with E-state index >= 15 is 0 Å². The second-order valence-corrected chi connectivity index (χ2v) is 12.6. The van der Waals surface area contributed by atoms with Crippen LogP contribution in [0, 0.1) is 28.6 Å². The Labute approximate surface area is 208 Å². The Balaban J connectivity index is 1.81. The van der Waals surface area contributed by atoms with Crippen LogP contribution < -0.4 is 0 Å². The van der Waals surface area contributed by atoms with Crippen LogP contribution in [0.5, 0.6) is 0 Å². The summed E-state index contributed by atoms with van der Waals surface area (Å²) < 4.78 is 17.0. The van der Waals surface area contributed by atoms with Crippen molar-refractivity contribution in [3.8, 4) is 0 Å². The number of hydrogen-bond donors (Lipinski definition) is 0. The molecule has 1 aromatic carbocycles. The average Bonchev–Trinajstić information content (AvgIpc) is 3.24. The Morgan fingerprint density at radius 1 is 1.09 bits per heavy atom. The number of ether oxygens (including phenoxy) is 3. The Hall–Kier alpha value is -1.21. The third kappa shape index (κ3) is 3.99. The predicted molar refractivity (Wildman–Crippen MR) is 135 cm³/mol. The first-order valence-corrected chi connectivity index (χ1v) is 13.4. The van der Waals surface area contributed by atoms with Crippen molar-refractivity contribution in [3.05, 3.63) is 35.9 Å². The minimum atomic E-state index is -0.883. The first-order chi connectivity index (χ1) is 16.1. The summed E-state index contributed by atoms with van der Waals surface area (Å²) in [7, 11) is 3.44. The summed E-state index contributed by atoms with van der Waals surface area (Å²) in [5, 5.41) is -0.0617. The lowest BCUT2D eigenvalue weighted by Gasteiger charge is -2.62. The van der Waals surface area contributed by atoms with Crippen LogP contribution in [0.4, 0.5) is 0 Å². The van der Waals surface area contributed by atoms with E-state index in [9.17, 15) is 9.59 Å². The summed E-state index contributed by atoms with van der Waals surface area (Å²) in [6.45, 7) is 8.92. The molecule has 2 unspecified atom stereocenters. The highest BCUT2D eigenvalue weighted by atomic mass is 32.2. The standard InChI is InChI=1S/C28H40O5S/c1-18-12-14-28-15-13-21(32-6)23(28)27(18,4)22(33-17-31-5)16-26(3,24(29)19(28)2)34-25(30)20-10-8-7-9-11-20/h7-11,18-19,21-23H,12-17H2,1-6H3/t18-,19+,21-,22-,23?,26-,27+,28?/m1/s1. The zero-order valence-corrected chi connectivity index (χ0v) is 22.3. The van der Waals surface area contributed by atoms with Crippen LogP contribution in [0.2, 0.25) is 0 Å². The van der Waals surface area contributed by atoms with Crippen LogP contribution in [0.25, 0.3) is 0 Å². The van der Waals surface area contributed by atoms with Gasteiger partial charge in [-0.15, -0.1) is 0 Å². The second-order valence-electron chi connectivity index (χ2n) is 11.2. The van der Waals surface area contributed by atoms with E-state index in [0.29, 0.717) is 17.9 Å². The molecule has 0 aromatic heterocycles. The number of rotatable bonds is 6. The van der Waals surface area contributed by atoms with Crippen molar-refractivity contribution < 1.29 is 23.8 Å². The molecule has 0 amide bonds. The zero-order valence-electron chi connectivity index (χ0n) is 21.5. The Morgan fingerprint density at radius 3 is 2.41 bits per heavy atom. The maximum absolute atomic E-state index is 14.3. The lowest BCUT2D eigenvalue weighted by atomic mass is 9.45. The summed E-state index contributed by atoms with van der Waals surface area (Å²) >= 11 is 1.18. The summed E-state index contributed by atoms with van der Waals surface area (Å²) in [6.07, 6.45) is 4.40. The third-order valence-electron chi connectivity index (χ3n) is 9.72.